The normalized spacial score (nSPS) is 16.3. The van der Waals surface area contributed by atoms with Crippen molar-refractivity contribution in [2.75, 3.05) is 39.6 Å². The van der Waals surface area contributed by atoms with Crippen molar-refractivity contribution in [1.29, 1.82) is 0 Å². The summed E-state index contributed by atoms with van der Waals surface area (Å²) in [7, 11) is -16.7. The fourth-order valence-electron chi connectivity index (χ4n) is 1.10. The van der Waals surface area contributed by atoms with E-state index in [4.69, 9.17) is 57.2 Å². The summed E-state index contributed by atoms with van der Waals surface area (Å²) in [6.45, 7) is -0.102. The van der Waals surface area contributed by atoms with Crippen molar-refractivity contribution in [1.82, 2.24) is 0 Å². The van der Waals surface area contributed by atoms with Crippen LogP contribution in [-0.2, 0) is 41.1 Å². The molecule has 0 bridgehead atoms. The van der Waals surface area contributed by atoms with Crippen LogP contribution >= 0.6 is 46.7 Å². The number of rotatable bonds is 15. The number of aliphatic hydroxyl groups excluding tert-OH is 1. The van der Waals surface area contributed by atoms with Crippen molar-refractivity contribution < 1.29 is 65.7 Å². The van der Waals surface area contributed by atoms with Crippen LogP contribution in [0.25, 0.3) is 0 Å². The SMILES string of the molecule is O=P(O)(O)OP(=O)(O)OP(=O)(O)OC(OCCOCCOCCO)=C(Cl)Cl. The van der Waals surface area contributed by atoms with Crippen molar-refractivity contribution >= 4 is 46.7 Å². The molecule has 0 spiro atoms. The Labute approximate surface area is 163 Å². The first-order valence-electron chi connectivity index (χ1n) is 6.56. The second kappa shape index (κ2) is 12.7. The van der Waals surface area contributed by atoms with Gasteiger partial charge in [-0.05, 0) is 0 Å². The van der Waals surface area contributed by atoms with Crippen molar-refractivity contribution in [3.05, 3.63) is 10.4 Å². The average Bonchev–Trinajstić information content (AvgIpc) is 2.44. The molecule has 0 amide bonds. The largest absolute Gasteiger partial charge is 0.538 e. The van der Waals surface area contributed by atoms with Crippen LogP contribution in [0.3, 0.4) is 0 Å². The van der Waals surface area contributed by atoms with Gasteiger partial charge in [0.25, 0.3) is 0 Å². The first-order valence-corrected chi connectivity index (χ1v) is 11.8. The van der Waals surface area contributed by atoms with E-state index < -0.39 is 33.9 Å². The second-order valence-electron chi connectivity index (χ2n) is 4.03. The number of halogens is 2. The van der Waals surface area contributed by atoms with E-state index in [1.165, 1.54) is 0 Å². The number of phosphoric ester groups is 1. The van der Waals surface area contributed by atoms with Gasteiger partial charge in [-0.15, -0.1) is 0 Å². The molecule has 19 heteroatoms. The van der Waals surface area contributed by atoms with Crippen LogP contribution in [0.5, 0.6) is 0 Å². The molecule has 2 unspecified atom stereocenters. The first kappa shape index (κ1) is 27.2. The van der Waals surface area contributed by atoms with E-state index in [9.17, 15) is 18.6 Å². The third-order valence-corrected chi connectivity index (χ3v) is 5.87. The highest BCUT2D eigenvalue weighted by Gasteiger charge is 2.42. The molecular weight excluding hydrogens is 484 g/mol. The smallest absolute Gasteiger partial charge is 0.461 e. The van der Waals surface area contributed by atoms with Gasteiger partial charge in [0.05, 0.1) is 33.0 Å². The summed E-state index contributed by atoms with van der Waals surface area (Å²) in [5, 5.41) is 8.48. The minimum atomic E-state index is -5.69. The van der Waals surface area contributed by atoms with Crippen LogP contribution < -0.4 is 0 Å². The van der Waals surface area contributed by atoms with Crippen LogP contribution in [0.2, 0.25) is 0 Å². The summed E-state index contributed by atoms with van der Waals surface area (Å²) >= 11 is 10.7. The van der Waals surface area contributed by atoms with Gasteiger partial charge in [0.1, 0.15) is 6.61 Å². The van der Waals surface area contributed by atoms with Crippen LogP contribution in [0.15, 0.2) is 10.4 Å². The third-order valence-electron chi connectivity index (χ3n) is 1.84. The molecule has 0 heterocycles. The molecule has 0 fully saturated rings. The van der Waals surface area contributed by atoms with E-state index in [1.54, 1.807) is 0 Å². The van der Waals surface area contributed by atoms with Crippen molar-refractivity contribution in [2.24, 2.45) is 0 Å². The minimum absolute atomic E-state index is 0.0905. The molecule has 0 aromatic carbocycles. The molecule has 5 N–H and O–H groups in total. The highest BCUT2D eigenvalue weighted by atomic mass is 35.5. The fourth-order valence-corrected chi connectivity index (χ4v) is 4.38. The molecular formula is C8H17Cl2O14P3. The van der Waals surface area contributed by atoms with Gasteiger partial charge in [-0.3, -0.25) is 4.89 Å². The molecule has 0 aliphatic heterocycles. The van der Waals surface area contributed by atoms with Gasteiger partial charge in [-0.25, -0.2) is 13.7 Å². The lowest BCUT2D eigenvalue weighted by Crippen LogP contribution is -2.11. The Hall–Kier alpha value is 0.250. The highest BCUT2D eigenvalue weighted by molar-refractivity contribution is 7.66. The average molecular weight is 501 g/mol. The Balaban J connectivity index is 4.52. The van der Waals surface area contributed by atoms with Gasteiger partial charge in [0, 0.05) is 0 Å². The van der Waals surface area contributed by atoms with Gasteiger partial charge in [0.2, 0.25) is 0 Å². The van der Waals surface area contributed by atoms with Crippen molar-refractivity contribution in [3.63, 3.8) is 0 Å². The lowest BCUT2D eigenvalue weighted by atomic mass is 10.7. The van der Waals surface area contributed by atoms with E-state index in [0.717, 1.165) is 0 Å². The quantitative estimate of drug-likeness (QED) is 0.120. The Morgan fingerprint density at radius 3 is 1.78 bits per heavy atom. The summed E-state index contributed by atoms with van der Waals surface area (Å²) in [5.74, 6) is -1.000. The third kappa shape index (κ3) is 15.8. The van der Waals surface area contributed by atoms with E-state index >= 15 is 0 Å². The van der Waals surface area contributed by atoms with Crippen LogP contribution in [-0.4, -0.2) is 64.3 Å². The zero-order valence-electron chi connectivity index (χ0n) is 13.3. The van der Waals surface area contributed by atoms with E-state index in [-0.39, 0.29) is 39.6 Å². The Kier molecular flexibility index (Phi) is 12.9. The van der Waals surface area contributed by atoms with Crippen molar-refractivity contribution in [2.45, 2.75) is 0 Å². The van der Waals surface area contributed by atoms with Crippen LogP contribution in [0, 0.1) is 0 Å². The Morgan fingerprint density at radius 2 is 1.30 bits per heavy atom. The lowest BCUT2D eigenvalue weighted by molar-refractivity contribution is 0.00348. The van der Waals surface area contributed by atoms with Gasteiger partial charge in [-0.1, -0.05) is 23.2 Å². The lowest BCUT2D eigenvalue weighted by Gasteiger charge is -2.18. The van der Waals surface area contributed by atoms with Crippen LogP contribution in [0.4, 0.5) is 0 Å². The standard InChI is InChI=1S/C8H17Cl2O14P3/c9-7(10)8(21-6-5-20-4-3-19-2-1-11)22-26(15,16)24-27(17,18)23-25(12,13)14/h11H,1-6H2,(H,15,16)(H,17,18)(H2,12,13,14). The number of aliphatic hydroxyl groups is 1. The molecule has 2 atom stereocenters. The molecule has 0 saturated heterocycles. The van der Waals surface area contributed by atoms with Gasteiger partial charge in [0.15, 0.2) is 4.49 Å². The molecule has 14 nitrogen and oxygen atoms in total. The molecule has 0 aromatic heterocycles. The summed E-state index contributed by atoms with van der Waals surface area (Å²) in [5.41, 5.74) is 0. The zero-order chi connectivity index (χ0) is 21.1. The minimum Gasteiger partial charge on any atom is -0.461 e. The molecule has 0 aromatic rings. The molecule has 0 radical (unpaired) electrons. The van der Waals surface area contributed by atoms with Crippen molar-refractivity contribution in [3.8, 4) is 0 Å². The fraction of sp³-hybridized carbons (Fsp3) is 0.750. The summed E-state index contributed by atoms with van der Waals surface area (Å²) in [6, 6.07) is 0. The second-order valence-corrected chi connectivity index (χ2v) is 9.32. The number of ether oxygens (including phenoxy) is 3. The maximum absolute atomic E-state index is 11.6. The number of hydrogen-bond donors (Lipinski definition) is 5. The van der Waals surface area contributed by atoms with Crippen LogP contribution in [0.1, 0.15) is 0 Å². The molecule has 0 aliphatic carbocycles. The molecule has 162 valence electrons. The predicted molar refractivity (Wildman–Crippen MR) is 88.4 cm³/mol. The van der Waals surface area contributed by atoms with E-state index in [1.807, 2.05) is 0 Å². The van der Waals surface area contributed by atoms with E-state index in [2.05, 4.69) is 13.1 Å². The first-order chi connectivity index (χ1) is 12.3. The number of hydrogen-bond acceptors (Lipinski definition) is 10. The summed E-state index contributed by atoms with van der Waals surface area (Å²) < 4.78 is 58.4. The van der Waals surface area contributed by atoms with E-state index in [0.29, 0.717) is 0 Å². The maximum atomic E-state index is 11.6. The molecule has 0 aliphatic rings. The monoisotopic (exact) mass is 500 g/mol. The number of phosphoric acid groups is 3. The predicted octanol–water partition coefficient (Wildman–Crippen LogP) is 0.976. The molecule has 27 heavy (non-hydrogen) atoms. The maximum Gasteiger partial charge on any atom is 0.538 e. The van der Waals surface area contributed by atoms with Gasteiger partial charge < -0.3 is 38.5 Å². The summed E-state index contributed by atoms with van der Waals surface area (Å²) in [6.07, 6.45) is 0. The zero-order valence-corrected chi connectivity index (χ0v) is 17.4. The molecule has 0 rings (SSSR count). The summed E-state index contributed by atoms with van der Waals surface area (Å²) in [4.78, 5) is 35.2. The Bertz CT molecular complexity index is 615. The Morgan fingerprint density at radius 1 is 0.778 bits per heavy atom. The highest BCUT2D eigenvalue weighted by Crippen LogP contribution is 2.66. The topological polar surface area (TPSA) is 208 Å². The van der Waals surface area contributed by atoms with Gasteiger partial charge >= 0.3 is 29.4 Å². The molecule has 0 saturated carbocycles. The van der Waals surface area contributed by atoms with Gasteiger partial charge in [-0.2, -0.15) is 8.62 Å².